The van der Waals surface area contributed by atoms with Gasteiger partial charge in [-0.2, -0.15) is 13.2 Å². The molecule has 2 N–H and O–H groups in total. The highest BCUT2D eigenvalue weighted by molar-refractivity contribution is 6.34. The predicted octanol–water partition coefficient (Wildman–Crippen LogP) is 5.03. The van der Waals surface area contributed by atoms with Crippen LogP contribution in [0.5, 0.6) is 0 Å². The van der Waals surface area contributed by atoms with Crippen molar-refractivity contribution in [2.45, 2.75) is 24.7 Å². The van der Waals surface area contributed by atoms with Crippen LogP contribution in [0.1, 0.15) is 23.1 Å². The lowest BCUT2D eigenvalue weighted by molar-refractivity contribution is -0.275. The van der Waals surface area contributed by atoms with Gasteiger partial charge in [0.05, 0.1) is 5.71 Å². The number of nitrogens with zero attached hydrogens (tertiary/aromatic N) is 1. The average molecular weight is 389 g/mol. The third kappa shape index (κ3) is 3.34. The maximum absolute atomic E-state index is 13.9. The van der Waals surface area contributed by atoms with Crippen LogP contribution < -0.4 is 5.73 Å². The second-order valence-corrected chi connectivity index (χ2v) is 6.57. The Bertz CT molecular complexity index is 819. The first kappa shape index (κ1) is 18.0. The third-order valence-corrected chi connectivity index (χ3v) is 4.45. The summed E-state index contributed by atoms with van der Waals surface area (Å²) in [5, 5.41) is 3.89. The van der Waals surface area contributed by atoms with Gasteiger partial charge in [-0.25, -0.2) is 0 Å². The van der Waals surface area contributed by atoms with Gasteiger partial charge in [-0.3, -0.25) is 0 Å². The summed E-state index contributed by atoms with van der Waals surface area (Å²) in [7, 11) is 0. The van der Waals surface area contributed by atoms with Crippen LogP contribution in [0.15, 0.2) is 47.6 Å². The highest BCUT2D eigenvalue weighted by Crippen LogP contribution is 2.49. The lowest BCUT2D eigenvalue weighted by atomic mass is 9.86. The van der Waals surface area contributed by atoms with E-state index >= 15 is 0 Å². The SMILES string of the molecule is NCc1cccc(C2=NOC(c3cc(Cl)cc(Cl)c3)(C(F)(F)F)C2)c1. The normalized spacial score (nSPS) is 20.3. The quantitative estimate of drug-likeness (QED) is 0.800. The van der Waals surface area contributed by atoms with E-state index < -0.39 is 18.2 Å². The van der Waals surface area contributed by atoms with Crippen molar-refractivity contribution in [3.8, 4) is 0 Å². The summed E-state index contributed by atoms with van der Waals surface area (Å²) in [6.45, 7) is 0.274. The molecule has 1 aliphatic rings. The maximum Gasteiger partial charge on any atom is 0.435 e. The Morgan fingerprint density at radius 2 is 1.80 bits per heavy atom. The lowest BCUT2D eigenvalue weighted by Crippen LogP contribution is -2.42. The molecular formula is C17H13Cl2F3N2O. The van der Waals surface area contributed by atoms with E-state index in [4.69, 9.17) is 33.8 Å². The molecular weight excluding hydrogens is 376 g/mol. The summed E-state index contributed by atoms with van der Waals surface area (Å²) in [4.78, 5) is 4.96. The molecule has 0 bridgehead atoms. The number of nitrogens with two attached hydrogens (primary N) is 1. The summed E-state index contributed by atoms with van der Waals surface area (Å²) in [6.07, 6.45) is -5.20. The van der Waals surface area contributed by atoms with Crippen LogP contribution in [0.3, 0.4) is 0 Å². The first-order chi connectivity index (χ1) is 11.7. The van der Waals surface area contributed by atoms with Gasteiger partial charge in [0.25, 0.3) is 5.60 Å². The van der Waals surface area contributed by atoms with E-state index in [0.717, 1.165) is 5.56 Å². The topological polar surface area (TPSA) is 47.6 Å². The molecule has 25 heavy (non-hydrogen) atoms. The largest absolute Gasteiger partial charge is 0.435 e. The van der Waals surface area contributed by atoms with Crippen molar-refractivity contribution in [3.05, 3.63) is 69.2 Å². The molecule has 1 atom stereocenters. The first-order valence-electron chi connectivity index (χ1n) is 7.33. The minimum atomic E-state index is -4.71. The second-order valence-electron chi connectivity index (χ2n) is 5.69. The van der Waals surface area contributed by atoms with Crippen molar-refractivity contribution in [1.82, 2.24) is 0 Å². The molecule has 132 valence electrons. The minimum absolute atomic E-state index is 0.0910. The van der Waals surface area contributed by atoms with E-state index in [2.05, 4.69) is 5.16 Å². The fourth-order valence-corrected chi connectivity index (χ4v) is 3.25. The van der Waals surface area contributed by atoms with Gasteiger partial charge in [-0.1, -0.05) is 46.6 Å². The standard InChI is InChI=1S/C17H13Cl2F3N2O/c18-13-5-12(6-14(19)7-13)16(17(20,21)22)8-15(24-25-16)11-3-1-2-10(4-11)9-23/h1-7H,8-9,23H2. The number of hydrogen-bond donors (Lipinski definition) is 1. The molecule has 1 unspecified atom stereocenters. The zero-order chi connectivity index (χ0) is 18.2. The molecule has 0 saturated heterocycles. The number of alkyl halides is 3. The summed E-state index contributed by atoms with van der Waals surface area (Å²) >= 11 is 11.7. The molecule has 0 aromatic heterocycles. The van der Waals surface area contributed by atoms with E-state index in [1.807, 2.05) is 0 Å². The number of oxime groups is 1. The van der Waals surface area contributed by atoms with Crippen LogP contribution in [-0.2, 0) is 17.0 Å². The van der Waals surface area contributed by atoms with Gasteiger partial charge >= 0.3 is 6.18 Å². The van der Waals surface area contributed by atoms with E-state index in [0.29, 0.717) is 5.56 Å². The molecule has 0 saturated carbocycles. The molecule has 0 aliphatic carbocycles. The van der Waals surface area contributed by atoms with Crippen LogP contribution >= 0.6 is 23.2 Å². The third-order valence-electron chi connectivity index (χ3n) is 4.01. The zero-order valence-electron chi connectivity index (χ0n) is 12.8. The zero-order valence-corrected chi connectivity index (χ0v) is 14.3. The van der Waals surface area contributed by atoms with E-state index in [1.165, 1.54) is 18.2 Å². The van der Waals surface area contributed by atoms with E-state index in [-0.39, 0.29) is 27.9 Å². The molecule has 8 heteroatoms. The maximum atomic E-state index is 13.9. The highest BCUT2D eigenvalue weighted by Gasteiger charge is 2.62. The fourth-order valence-electron chi connectivity index (χ4n) is 2.72. The summed E-state index contributed by atoms with van der Waals surface area (Å²) in [5.41, 5.74) is 4.27. The Balaban J connectivity index is 2.03. The molecule has 3 rings (SSSR count). The van der Waals surface area contributed by atoms with Crippen molar-refractivity contribution in [2.75, 3.05) is 0 Å². The van der Waals surface area contributed by atoms with Gasteiger partial charge in [0.2, 0.25) is 0 Å². The average Bonchev–Trinajstić information content (AvgIpc) is 3.00. The summed E-state index contributed by atoms with van der Waals surface area (Å²) in [5.74, 6) is 0. The monoisotopic (exact) mass is 388 g/mol. The van der Waals surface area contributed by atoms with Crippen molar-refractivity contribution < 1.29 is 18.0 Å². The summed E-state index contributed by atoms with van der Waals surface area (Å²) in [6, 6.07) is 10.6. The van der Waals surface area contributed by atoms with E-state index in [1.54, 1.807) is 24.3 Å². The van der Waals surface area contributed by atoms with Crippen LogP contribution in [0.2, 0.25) is 10.0 Å². The second kappa shape index (κ2) is 6.52. The van der Waals surface area contributed by atoms with Gasteiger partial charge in [-0.15, -0.1) is 0 Å². The predicted molar refractivity (Wildman–Crippen MR) is 90.8 cm³/mol. The van der Waals surface area contributed by atoms with Gasteiger partial charge in [0, 0.05) is 28.6 Å². The molecule has 0 amide bonds. The molecule has 0 fully saturated rings. The van der Waals surface area contributed by atoms with E-state index in [9.17, 15) is 13.2 Å². The Morgan fingerprint density at radius 1 is 1.12 bits per heavy atom. The molecule has 1 heterocycles. The Morgan fingerprint density at radius 3 is 2.40 bits per heavy atom. The van der Waals surface area contributed by atoms with Gasteiger partial charge in [0.15, 0.2) is 0 Å². The number of rotatable bonds is 3. The van der Waals surface area contributed by atoms with Gasteiger partial charge in [0.1, 0.15) is 0 Å². The van der Waals surface area contributed by atoms with Crippen molar-refractivity contribution in [3.63, 3.8) is 0 Å². The highest BCUT2D eigenvalue weighted by atomic mass is 35.5. The van der Waals surface area contributed by atoms with Crippen LogP contribution in [0, 0.1) is 0 Å². The number of hydrogen-bond acceptors (Lipinski definition) is 3. The molecule has 2 aromatic carbocycles. The fraction of sp³-hybridized carbons (Fsp3) is 0.235. The molecule has 2 aromatic rings. The van der Waals surface area contributed by atoms with Crippen molar-refractivity contribution >= 4 is 28.9 Å². The smallest absolute Gasteiger partial charge is 0.374 e. The number of benzene rings is 2. The molecule has 3 nitrogen and oxygen atoms in total. The van der Waals surface area contributed by atoms with Gasteiger partial charge in [-0.05, 0) is 35.4 Å². The Hall–Kier alpha value is -1.76. The van der Waals surface area contributed by atoms with Crippen LogP contribution in [0.4, 0.5) is 13.2 Å². The van der Waals surface area contributed by atoms with Crippen LogP contribution in [-0.4, -0.2) is 11.9 Å². The van der Waals surface area contributed by atoms with Crippen molar-refractivity contribution in [2.24, 2.45) is 10.9 Å². The molecule has 1 aliphatic heterocycles. The molecule has 0 spiro atoms. The Labute approximate surface area is 152 Å². The van der Waals surface area contributed by atoms with Crippen LogP contribution in [0.25, 0.3) is 0 Å². The summed E-state index contributed by atoms with van der Waals surface area (Å²) < 4.78 is 41.7. The molecule has 0 radical (unpaired) electrons. The number of halogens is 5. The van der Waals surface area contributed by atoms with Gasteiger partial charge < -0.3 is 10.6 Å². The van der Waals surface area contributed by atoms with Crippen molar-refractivity contribution in [1.29, 1.82) is 0 Å². The Kier molecular flexibility index (Phi) is 4.70. The minimum Gasteiger partial charge on any atom is -0.374 e. The first-order valence-corrected chi connectivity index (χ1v) is 8.08. The lowest BCUT2D eigenvalue weighted by Gasteiger charge is -2.29.